The molecule has 3 heteroatoms. The van der Waals surface area contributed by atoms with E-state index in [0.29, 0.717) is 0 Å². The van der Waals surface area contributed by atoms with E-state index in [9.17, 15) is 9.59 Å². The van der Waals surface area contributed by atoms with Crippen LogP contribution in [0.4, 0.5) is 0 Å². The number of ether oxygens (including phenoxy) is 1. The smallest absolute Gasteiger partial charge is 0.306 e. The van der Waals surface area contributed by atoms with Gasteiger partial charge in [-0.25, -0.2) is 0 Å². The van der Waals surface area contributed by atoms with Crippen LogP contribution in [0.1, 0.15) is 51.9 Å². The molecule has 88 valence electrons. The first-order chi connectivity index (χ1) is 7.68. The molecule has 0 aromatic rings. The summed E-state index contributed by atoms with van der Waals surface area (Å²) in [7, 11) is 0. The maximum atomic E-state index is 11.4. The van der Waals surface area contributed by atoms with Crippen molar-refractivity contribution < 1.29 is 14.3 Å². The summed E-state index contributed by atoms with van der Waals surface area (Å²) in [4.78, 5) is 22.1. The van der Waals surface area contributed by atoms with E-state index in [1.54, 1.807) is 0 Å². The molecule has 16 heavy (non-hydrogen) atoms. The Labute approximate surface area is 96.5 Å². The number of ketones is 1. The molecule has 0 N–H and O–H groups in total. The van der Waals surface area contributed by atoms with Gasteiger partial charge >= 0.3 is 5.97 Å². The molecule has 1 rings (SSSR count). The Morgan fingerprint density at radius 2 is 1.94 bits per heavy atom. The standard InChI is InChI=1S/C13H18O3/c1-11(14)9-10-13(15)16-12-7-5-3-2-4-6-8-12/h12H,3,5-10H2,1H3. The van der Waals surface area contributed by atoms with E-state index in [2.05, 4.69) is 11.8 Å². The van der Waals surface area contributed by atoms with Gasteiger partial charge in [-0.3, -0.25) is 4.79 Å². The Morgan fingerprint density at radius 3 is 2.69 bits per heavy atom. The molecule has 1 aliphatic rings. The molecule has 0 saturated heterocycles. The minimum absolute atomic E-state index is 0.00550. The topological polar surface area (TPSA) is 43.4 Å². The number of carbonyl (C=O) groups is 2. The van der Waals surface area contributed by atoms with Crippen LogP contribution in [0.3, 0.4) is 0 Å². The van der Waals surface area contributed by atoms with Crippen LogP contribution >= 0.6 is 0 Å². The van der Waals surface area contributed by atoms with Gasteiger partial charge in [-0.2, -0.15) is 0 Å². The van der Waals surface area contributed by atoms with E-state index >= 15 is 0 Å². The van der Waals surface area contributed by atoms with Gasteiger partial charge in [-0.1, -0.05) is 0 Å². The molecule has 1 unspecified atom stereocenters. The van der Waals surface area contributed by atoms with Crippen molar-refractivity contribution in [3.05, 3.63) is 0 Å². The predicted molar refractivity (Wildman–Crippen MR) is 60.7 cm³/mol. The van der Waals surface area contributed by atoms with Crippen molar-refractivity contribution in [3.63, 3.8) is 0 Å². The zero-order valence-corrected chi connectivity index (χ0v) is 9.75. The van der Waals surface area contributed by atoms with E-state index in [0.717, 1.165) is 32.1 Å². The largest absolute Gasteiger partial charge is 0.462 e. The van der Waals surface area contributed by atoms with Crippen molar-refractivity contribution in [2.45, 2.75) is 58.0 Å². The second-order valence-corrected chi connectivity index (χ2v) is 4.10. The Hall–Kier alpha value is -1.30. The quantitative estimate of drug-likeness (QED) is 0.541. The fraction of sp³-hybridized carbons (Fsp3) is 0.692. The third kappa shape index (κ3) is 5.55. The lowest BCUT2D eigenvalue weighted by molar-refractivity contribution is -0.150. The molecule has 0 fully saturated rings. The van der Waals surface area contributed by atoms with Crippen LogP contribution in [0.2, 0.25) is 0 Å². The molecular weight excluding hydrogens is 204 g/mol. The Balaban J connectivity index is 2.27. The normalized spacial score (nSPS) is 19.9. The van der Waals surface area contributed by atoms with E-state index in [1.165, 1.54) is 6.92 Å². The van der Waals surface area contributed by atoms with Crippen molar-refractivity contribution in [3.8, 4) is 11.8 Å². The molecule has 0 aromatic heterocycles. The molecule has 0 spiro atoms. The van der Waals surface area contributed by atoms with E-state index < -0.39 is 0 Å². The SMILES string of the molecule is CC(=O)CCC(=O)OC1CCC#CCCC1. The highest BCUT2D eigenvalue weighted by Gasteiger charge is 2.14. The Bertz CT molecular complexity index is 309. The second-order valence-electron chi connectivity index (χ2n) is 4.10. The first kappa shape index (κ1) is 12.8. The van der Waals surface area contributed by atoms with Gasteiger partial charge in [0.25, 0.3) is 0 Å². The van der Waals surface area contributed by atoms with E-state index in [-0.39, 0.29) is 30.7 Å². The molecule has 1 atom stereocenters. The maximum Gasteiger partial charge on any atom is 0.306 e. The summed E-state index contributed by atoms with van der Waals surface area (Å²) >= 11 is 0. The zero-order chi connectivity index (χ0) is 11.8. The summed E-state index contributed by atoms with van der Waals surface area (Å²) in [6, 6.07) is 0. The lowest BCUT2D eigenvalue weighted by Crippen LogP contribution is -2.19. The van der Waals surface area contributed by atoms with Crippen LogP contribution in [0.25, 0.3) is 0 Å². The van der Waals surface area contributed by atoms with Crippen LogP contribution in [0.5, 0.6) is 0 Å². The van der Waals surface area contributed by atoms with Gasteiger partial charge in [0.2, 0.25) is 0 Å². The van der Waals surface area contributed by atoms with Gasteiger partial charge in [0.1, 0.15) is 11.9 Å². The first-order valence-corrected chi connectivity index (χ1v) is 5.83. The molecule has 0 saturated carbocycles. The lowest BCUT2D eigenvalue weighted by atomic mass is 10.0. The average Bonchev–Trinajstić information content (AvgIpc) is 2.19. The van der Waals surface area contributed by atoms with Crippen LogP contribution in [0.15, 0.2) is 0 Å². The van der Waals surface area contributed by atoms with Gasteiger partial charge in [-0.05, 0) is 26.2 Å². The number of esters is 1. The third-order valence-electron chi connectivity index (χ3n) is 2.52. The summed E-state index contributed by atoms with van der Waals surface area (Å²) in [5.74, 6) is 5.88. The second kappa shape index (κ2) is 7.05. The maximum absolute atomic E-state index is 11.4. The van der Waals surface area contributed by atoms with Crippen LogP contribution < -0.4 is 0 Å². The van der Waals surface area contributed by atoms with Gasteiger partial charge in [0, 0.05) is 19.3 Å². The zero-order valence-electron chi connectivity index (χ0n) is 9.75. The molecule has 0 bridgehead atoms. The van der Waals surface area contributed by atoms with Crippen molar-refractivity contribution in [2.24, 2.45) is 0 Å². The summed E-state index contributed by atoms with van der Waals surface area (Å²) < 4.78 is 5.32. The number of Topliss-reactive ketones (excluding diaryl/α,β-unsaturated/α-hetero) is 1. The highest BCUT2D eigenvalue weighted by Crippen LogP contribution is 2.14. The monoisotopic (exact) mass is 222 g/mol. The minimum atomic E-state index is -0.256. The highest BCUT2D eigenvalue weighted by molar-refractivity contribution is 5.81. The fourth-order valence-corrected chi connectivity index (χ4v) is 1.61. The van der Waals surface area contributed by atoms with Crippen molar-refractivity contribution in [1.29, 1.82) is 0 Å². The number of carbonyl (C=O) groups excluding carboxylic acids is 2. The van der Waals surface area contributed by atoms with Crippen LogP contribution in [-0.2, 0) is 14.3 Å². The van der Waals surface area contributed by atoms with Gasteiger partial charge < -0.3 is 9.53 Å². The van der Waals surface area contributed by atoms with E-state index in [4.69, 9.17) is 4.74 Å². The van der Waals surface area contributed by atoms with Crippen molar-refractivity contribution in [2.75, 3.05) is 0 Å². The fourth-order valence-electron chi connectivity index (χ4n) is 1.61. The number of rotatable bonds is 4. The van der Waals surface area contributed by atoms with Crippen molar-refractivity contribution in [1.82, 2.24) is 0 Å². The molecule has 0 aliphatic heterocycles. The van der Waals surface area contributed by atoms with E-state index in [1.807, 2.05) is 0 Å². The van der Waals surface area contributed by atoms with Crippen molar-refractivity contribution >= 4 is 11.8 Å². The van der Waals surface area contributed by atoms with Crippen LogP contribution in [0, 0.1) is 11.8 Å². The molecule has 1 aliphatic carbocycles. The Morgan fingerprint density at radius 1 is 1.19 bits per heavy atom. The lowest BCUT2D eigenvalue weighted by Gasteiger charge is -2.17. The first-order valence-electron chi connectivity index (χ1n) is 5.83. The highest BCUT2D eigenvalue weighted by atomic mass is 16.5. The molecule has 0 amide bonds. The van der Waals surface area contributed by atoms with Gasteiger partial charge in [0.15, 0.2) is 0 Å². The van der Waals surface area contributed by atoms with Gasteiger partial charge in [-0.15, -0.1) is 11.8 Å². The third-order valence-corrected chi connectivity index (χ3v) is 2.52. The molecule has 3 nitrogen and oxygen atoms in total. The predicted octanol–water partition coefficient (Wildman–Crippen LogP) is 2.23. The minimum Gasteiger partial charge on any atom is -0.462 e. The molecule has 0 heterocycles. The molecule has 0 aromatic carbocycles. The van der Waals surface area contributed by atoms with Crippen LogP contribution in [-0.4, -0.2) is 17.9 Å². The number of hydrogen-bond donors (Lipinski definition) is 0. The molecule has 0 radical (unpaired) electrons. The summed E-state index contributed by atoms with van der Waals surface area (Å²) in [6.07, 6.45) is 4.86. The number of hydrogen-bond acceptors (Lipinski definition) is 3. The average molecular weight is 222 g/mol. The summed E-state index contributed by atoms with van der Waals surface area (Å²) in [5.41, 5.74) is 0. The summed E-state index contributed by atoms with van der Waals surface area (Å²) in [5, 5.41) is 0. The van der Waals surface area contributed by atoms with Gasteiger partial charge in [0.05, 0.1) is 6.42 Å². The Kier molecular flexibility index (Phi) is 5.63. The summed E-state index contributed by atoms with van der Waals surface area (Å²) in [6.45, 7) is 1.48. The molecular formula is C13H18O3.